The highest BCUT2D eigenvalue weighted by Crippen LogP contribution is 2.34. The minimum atomic E-state index is 0.303. The Labute approximate surface area is 119 Å². The smallest absolute Gasteiger partial charge is 0.228 e. The van der Waals surface area contributed by atoms with Crippen LogP contribution >= 0.6 is 0 Å². The molecule has 3 atom stereocenters. The van der Waals surface area contributed by atoms with Crippen molar-refractivity contribution >= 4 is 5.91 Å². The monoisotopic (exact) mass is 265 g/mol. The molecule has 0 radical (unpaired) electrons. The summed E-state index contributed by atoms with van der Waals surface area (Å²) in [7, 11) is 0. The van der Waals surface area contributed by atoms with Gasteiger partial charge >= 0.3 is 0 Å². The Morgan fingerprint density at radius 1 is 1.37 bits per heavy atom. The number of likely N-dealkylation sites (tertiary alicyclic amines) is 1. The van der Waals surface area contributed by atoms with Gasteiger partial charge in [0.2, 0.25) is 5.91 Å². The summed E-state index contributed by atoms with van der Waals surface area (Å²) >= 11 is 0. The molecule has 2 unspecified atom stereocenters. The van der Waals surface area contributed by atoms with Crippen molar-refractivity contribution in [3.05, 3.63) is 11.6 Å². The van der Waals surface area contributed by atoms with Crippen LogP contribution in [0.5, 0.6) is 0 Å². The standard InChI is InChI=1S/C17H31NO/c1-6-11-18-16(15(7-2)17(18)19)12-14(5)10-8-9-13(3)4/h9,14-16H,6-8,10-12H2,1-5H3/t14-,15?,16?/m1/s1. The Bertz CT molecular complexity index is 317. The third-order valence-corrected chi connectivity index (χ3v) is 4.23. The predicted octanol–water partition coefficient (Wildman–Crippen LogP) is 4.41. The first kappa shape index (κ1) is 16.3. The maximum Gasteiger partial charge on any atom is 0.228 e. The number of amides is 1. The minimum Gasteiger partial charge on any atom is -0.339 e. The molecule has 0 aromatic heterocycles. The second-order valence-corrected chi connectivity index (χ2v) is 6.31. The zero-order chi connectivity index (χ0) is 14.4. The maximum atomic E-state index is 12.0. The quantitative estimate of drug-likeness (QED) is 0.470. The summed E-state index contributed by atoms with van der Waals surface area (Å²) < 4.78 is 0. The van der Waals surface area contributed by atoms with Crippen molar-refractivity contribution < 1.29 is 4.79 Å². The fourth-order valence-corrected chi connectivity index (χ4v) is 3.12. The van der Waals surface area contributed by atoms with Crippen LogP contribution < -0.4 is 0 Å². The van der Waals surface area contributed by atoms with E-state index in [1.54, 1.807) is 0 Å². The SMILES string of the molecule is CCCN1C(=O)C(CC)C1C[C@H](C)CCC=C(C)C. The van der Waals surface area contributed by atoms with Gasteiger partial charge in [0, 0.05) is 12.6 Å². The number of carbonyl (C=O) groups is 1. The van der Waals surface area contributed by atoms with Crippen molar-refractivity contribution in [2.45, 2.75) is 72.8 Å². The van der Waals surface area contributed by atoms with Crippen molar-refractivity contribution in [3.8, 4) is 0 Å². The molecule has 0 spiro atoms. The van der Waals surface area contributed by atoms with E-state index >= 15 is 0 Å². The van der Waals surface area contributed by atoms with Crippen LogP contribution in [0.4, 0.5) is 0 Å². The lowest BCUT2D eigenvalue weighted by Crippen LogP contribution is -2.61. The van der Waals surface area contributed by atoms with E-state index in [4.69, 9.17) is 0 Å². The van der Waals surface area contributed by atoms with Gasteiger partial charge in [-0.25, -0.2) is 0 Å². The number of hydrogen-bond acceptors (Lipinski definition) is 1. The van der Waals surface area contributed by atoms with Gasteiger partial charge in [0.05, 0.1) is 5.92 Å². The molecule has 1 fully saturated rings. The number of hydrogen-bond donors (Lipinski definition) is 0. The largest absolute Gasteiger partial charge is 0.339 e. The molecule has 0 aromatic rings. The Hall–Kier alpha value is -0.790. The molecule has 1 aliphatic heterocycles. The van der Waals surface area contributed by atoms with E-state index in [9.17, 15) is 4.79 Å². The van der Waals surface area contributed by atoms with Crippen LogP contribution in [0.15, 0.2) is 11.6 Å². The summed E-state index contributed by atoms with van der Waals surface area (Å²) in [5.74, 6) is 1.41. The number of rotatable bonds is 8. The Morgan fingerprint density at radius 2 is 2.05 bits per heavy atom. The van der Waals surface area contributed by atoms with Gasteiger partial charge in [-0.05, 0) is 51.9 Å². The first-order valence-electron chi connectivity index (χ1n) is 7.95. The maximum absolute atomic E-state index is 12.0. The van der Waals surface area contributed by atoms with Gasteiger partial charge in [0.15, 0.2) is 0 Å². The highest BCUT2D eigenvalue weighted by molar-refractivity contribution is 5.85. The average Bonchev–Trinajstić information content (AvgIpc) is 2.35. The summed E-state index contributed by atoms with van der Waals surface area (Å²) in [6.45, 7) is 11.9. The van der Waals surface area contributed by atoms with E-state index < -0.39 is 0 Å². The number of carbonyl (C=O) groups excluding carboxylic acids is 1. The van der Waals surface area contributed by atoms with Crippen LogP contribution in [-0.4, -0.2) is 23.4 Å². The van der Waals surface area contributed by atoms with E-state index in [0.29, 0.717) is 23.8 Å². The zero-order valence-corrected chi connectivity index (χ0v) is 13.4. The lowest BCUT2D eigenvalue weighted by atomic mass is 9.79. The Balaban J connectivity index is 2.44. The third-order valence-electron chi connectivity index (χ3n) is 4.23. The second kappa shape index (κ2) is 7.72. The molecule has 1 rings (SSSR count). The van der Waals surface area contributed by atoms with Crippen LogP contribution in [0.25, 0.3) is 0 Å². The van der Waals surface area contributed by atoms with Crippen LogP contribution in [0.2, 0.25) is 0 Å². The van der Waals surface area contributed by atoms with Gasteiger partial charge in [-0.1, -0.05) is 32.4 Å². The molecular formula is C17H31NO. The Kier molecular flexibility index (Phi) is 6.60. The van der Waals surface area contributed by atoms with E-state index in [1.807, 2.05) is 0 Å². The Morgan fingerprint density at radius 3 is 2.58 bits per heavy atom. The summed E-state index contributed by atoms with van der Waals surface area (Å²) in [4.78, 5) is 14.1. The molecule has 0 aromatic carbocycles. The fraction of sp³-hybridized carbons (Fsp3) is 0.824. The van der Waals surface area contributed by atoms with E-state index in [2.05, 4.69) is 45.6 Å². The first-order valence-corrected chi connectivity index (χ1v) is 7.95. The zero-order valence-electron chi connectivity index (χ0n) is 13.4. The van der Waals surface area contributed by atoms with E-state index in [-0.39, 0.29) is 0 Å². The summed E-state index contributed by atoms with van der Waals surface area (Å²) in [6, 6.07) is 0.513. The lowest BCUT2D eigenvalue weighted by molar-refractivity contribution is -0.157. The van der Waals surface area contributed by atoms with Crippen molar-refractivity contribution in [1.29, 1.82) is 0 Å². The minimum absolute atomic E-state index is 0.303. The summed E-state index contributed by atoms with van der Waals surface area (Å²) in [5, 5.41) is 0. The van der Waals surface area contributed by atoms with Crippen molar-refractivity contribution in [2.75, 3.05) is 6.54 Å². The molecule has 0 N–H and O–H groups in total. The average molecular weight is 265 g/mol. The molecule has 2 nitrogen and oxygen atoms in total. The highest BCUT2D eigenvalue weighted by Gasteiger charge is 2.45. The predicted molar refractivity (Wildman–Crippen MR) is 82.0 cm³/mol. The molecule has 1 saturated heterocycles. The molecule has 1 heterocycles. The highest BCUT2D eigenvalue weighted by atomic mass is 16.2. The van der Waals surface area contributed by atoms with Crippen LogP contribution in [-0.2, 0) is 4.79 Å². The van der Waals surface area contributed by atoms with E-state index in [1.165, 1.54) is 24.8 Å². The van der Waals surface area contributed by atoms with Gasteiger partial charge in [-0.3, -0.25) is 4.79 Å². The fourth-order valence-electron chi connectivity index (χ4n) is 3.12. The van der Waals surface area contributed by atoms with Crippen LogP contribution in [0.1, 0.15) is 66.7 Å². The number of β-lactam (4-membered cyclic amide) rings is 1. The normalized spacial score (nSPS) is 24.1. The molecule has 19 heavy (non-hydrogen) atoms. The first-order chi connectivity index (χ1) is 9.01. The van der Waals surface area contributed by atoms with Gasteiger partial charge in [0.1, 0.15) is 0 Å². The molecular weight excluding hydrogens is 234 g/mol. The lowest BCUT2D eigenvalue weighted by Gasteiger charge is -2.48. The molecule has 0 bridgehead atoms. The van der Waals surface area contributed by atoms with Crippen LogP contribution in [0.3, 0.4) is 0 Å². The van der Waals surface area contributed by atoms with Gasteiger partial charge in [-0.15, -0.1) is 0 Å². The third kappa shape index (κ3) is 4.36. The summed E-state index contributed by atoms with van der Waals surface area (Å²) in [5.41, 5.74) is 1.41. The van der Waals surface area contributed by atoms with Crippen molar-refractivity contribution in [2.24, 2.45) is 11.8 Å². The van der Waals surface area contributed by atoms with Gasteiger partial charge in [0.25, 0.3) is 0 Å². The van der Waals surface area contributed by atoms with Crippen molar-refractivity contribution in [1.82, 2.24) is 4.90 Å². The molecule has 1 aliphatic rings. The topological polar surface area (TPSA) is 20.3 Å². The van der Waals surface area contributed by atoms with Gasteiger partial charge < -0.3 is 4.90 Å². The molecule has 110 valence electrons. The molecule has 0 saturated carbocycles. The molecule has 1 amide bonds. The molecule has 0 aliphatic carbocycles. The van der Waals surface area contributed by atoms with E-state index in [0.717, 1.165) is 19.4 Å². The second-order valence-electron chi connectivity index (χ2n) is 6.31. The molecule has 2 heteroatoms. The van der Waals surface area contributed by atoms with Gasteiger partial charge in [-0.2, -0.15) is 0 Å². The number of nitrogens with zero attached hydrogens (tertiary/aromatic N) is 1. The van der Waals surface area contributed by atoms with Crippen LogP contribution in [0, 0.1) is 11.8 Å². The number of allylic oxidation sites excluding steroid dienone is 2. The van der Waals surface area contributed by atoms with Crippen molar-refractivity contribution in [3.63, 3.8) is 0 Å². The summed E-state index contributed by atoms with van der Waals surface area (Å²) in [6.07, 6.45) is 8.00.